The molecule has 184 valence electrons. The number of rotatable bonds is 8. The molecule has 0 spiro atoms. The Morgan fingerprint density at radius 2 is 1.91 bits per heavy atom. The Morgan fingerprint density at radius 3 is 2.63 bits per heavy atom. The molecule has 0 radical (unpaired) electrons. The lowest BCUT2D eigenvalue weighted by atomic mass is 9.97. The van der Waals surface area contributed by atoms with Gasteiger partial charge >= 0.3 is 0 Å². The van der Waals surface area contributed by atoms with E-state index < -0.39 is 48.3 Å². The molecular formula is C25H24ClF2N3O4. The molecule has 1 aliphatic rings. The van der Waals surface area contributed by atoms with Crippen molar-refractivity contribution in [2.75, 3.05) is 13.2 Å². The third-order valence-electron chi connectivity index (χ3n) is 6.40. The molecule has 4 rings (SSSR count). The second kappa shape index (κ2) is 9.75. The van der Waals surface area contributed by atoms with Crippen LogP contribution >= 0.6 is 11.6 Å². The van der Waals surface area contributed by atoms with Crippen LogP contribution in [-0.2, 0) is 22.6 Å². The lowest BCUT2D eigenvalue weighted by molar-refractivity contribution is -0.138. The summed E-state index contributed by atoms with van der Waals surface area (Å²) in [4.78, 5) is 39.2. The van der Waals surface area contributed by atoms with Gasteiger partial charge in [0.1, 0.15) is 12.4 Å². The van der Waals surface area contributed by atoms with Gasteiger partial charge in [-0.2, -0.15) is 0 Å². The first-order chi connectivity index (χ1) is 16.6. The van der Waals surface area contributed by atoms with Crippen LogP contribution in [-0.4, -0.2) is 57.0 Å². The third-order valence-corrected chi connectivity index (χ3v) is 6.69. The number of alkyl halides is 1. The number of nitrogens with two attached hydrogens (primary N) is 1. The molecule has 10 heteroatoms. The number of aliphatic hydroxyl groups excluding tert-OH is 1. The molecule has 0 aliphatic carbocycles. The first-order valence-electron chi connectivity index (χ1n) is 11.1. The van der Waals surface area contributed by atoms with Gasteiger partial charge in [0.05, 0.1) is 29.8 Å². The number of para-hydroxylation sites is 1. The van der Waals surface area contributed by atoms with Crippen molar-refractivity contribution in [3.63, 3.8) is 0 Å². The highest BCUT2D eigenvalue weighted by molar-refractivity contribution is 6.30. The fourth-order valence-corrected chi connectivity index (χ4v) is 4.77. The van der Waals surface area contributed by atoms with E-state index in [0.29, 0.717) is 10.9 Å². The van der Waals surface area contributed by atoms with Gasteiger partial charge in [-0.15, -0.1) is 0 Å². The van der Waals surface area contributed by atoms with Gasteiger partial charge < -0.3 is 20.3 Å². The first-order valence-corrected chi connectivity index (χ1v) is 11.4. The fourth-order valence-electron chi connectivity index (χ4n) is 4.58. The van der Waals surface area contributed by atoms with Crippen LogP contribution in [0.15, 0.2) is 48.7 Å². The number of hydrogen-bond donors (Lipinski definition) is 2. The molecule has 35 heavy (non-hydrogen) atoms. The lowest BCUT2D eigenvalue weighted by Crippen LogP contribution is -2.43. The molecule has 1 saturated heterocycles. The standard InChI is InChI=1S/C25H24ClF2N3O4/c26-18-6-3-4-15(23(18)27)8-9-21(33)20-10-25(28,14-32)13-31(20)22(34)12-30-11-17(24(29)35)16-5-1-2-7-19(16)30/h1-7,11,20,32H,8-10,12-14H2,(H2,29,35)/t20-,25+/m0/s1. The number of aryl methyl sites for hydroxylation is 1. The first kappa shape index (κ1) is 24.8. The van der Waals surface area contributed by atoms with E-state index in [0.717, 1.165) is 4.90 Å². The molecule has 0 saturated carbocycles. The van der Waals surface area contributed by atoms with Gasteiger partial charge in [-0.25, -0.2) is 8.78 Å². The van der Waals surface area contributed by atoms with Gasteiger partial charge in [0.25, 0.3) is 5.91 Å². The maximum absolute atomic E-state index is 15.1. The van der Waals surface area contributed by atoms with Crippen molar-refractivity contribution in [3.05, 3.63) is 70.6 Å². The Hall–Kier alpha value is -3.30. The molecule has 1 fully saturated rings. The molecule has 7 nitrogen and oxygen atoms in total. The van der Waals surface area contributed by atoms with Gasteiger partial charge in [0.15, 0.2) is 11.5 Å². The average Bonchev–Trinajstić information content (AvgIpc) is 3.39. The topological polar surface area (TPSA) is 106 Å². The zero-order valence-corrected chi connectivity index (χ0v) is 19.5. The molecule has 1 aliphatic heterocycles. The summed E-state index contributed by atoms with van der Waals surface area (Å²) in [5, 5.41) is 10.1. The van der Waals surface area contributed by atoms with Crippen molar-refractivity contribution in [1.82, 2.24) is 9.47 Å². The van der Waals surface area contributed by atoms with Crippen LogP contribution in [0.5, 0.6) is 0 Å². The number of carbonyl (C=O) groups excluding carboxylic acids is 3. The summed E-state index contributed by atoms with van der Waals surface area (Å²) < 4.78 is 30.8. The van der Waals surface area contributed by atoms with Crippen LogP contribution in [0.4, 0.5) is 8.78 Å². The van der Waals surface area contributed by atoms with Crippen molar-refractivity contribution in [2.24, 2.45) is 5.73 Å². The van der Waals surface area contributed by atoms with Gasteiger partial charge in [-0.1, -0.05) is 41.9 Å². The van der Waals surface area contributed by atoms with Crippen LogP contribution < -0.4 is 5.73 Å². The number of aromatic nitrogens is 1. The van der Waals surface area contributed by atoms with E-state index in [2.05, 4.69) is 0 Å². The number of ketones is 1. The van der Waals surface area contributed by atoms with E-state index in [4.69, 9.17) is 17.3 Å². The second-order valence-electron chi connectivity index (χ2n) is 8.78. The molecule has 3 N–H and O–H groups in total. The maximum atomic E-state index is 15.1. The maximum Gasteiger partial charge on any atom is 0.250 e. The Labute approximate surface area is 205 Å². The molecule has 3 aromatic rings. The quantitative estimate of drug-likeness (QED) is 0.493. The highest BCUT2D eigenvalue weighted by Gasteiger charge is 2.48. The molecule has 1 aromatic heterocycles. The normalized spacial score (nSPS) is 19.9. The molecule has 2 heterocycles. The van der Waals surface area contributed by atoms with E-state index in [-0.39, 0.29) is 42.0 Å². The minimum atomic E-state index is -2.13. The number of carbonyl (C=O) groups is 3. The number of likely N-dealkylation sites (tertiary alicyclic amines) is 1. The van der Waals surface area contributed by atoms with Crippen molar-refractivity contribution >= 4 is 40.1 Å². The average molecular weight is 504 g/mol. The summed E-state index contributed by atoms with van der Waals surface area (Å²) in [5.41, 5.74) is 4.39. The molecular weight excluding hydrogens is 480 g/mol. The zero-order chi connectivity index (χ0) is 25.3. The Balaban J connectivity index is 1.55. The van der Waals surface area contributed by atoms with E-state index in [1.165, 1.54) is 22.9 Å². The largest absolute Gasteiger partial charge is 0.393 e. The van der Waals surface area contributed by atoms with E-state index in [1.54, 1.807) is 30.3 Å². The SMILES string of the molecule is NC(=O)c1cn(CC(=O)N2C[C@@](F)(CO)C[C@H]2C(=O)CCc2cccc(Cl)c2F)c2ccccc12. The van der Waals surface area contributed by atoms with Crippen molar-refractivity contribution in [1.29, 1.82) is 0 Å². The van der Waals surface area contributed by atoms with Gasteiger partial charge in [0, 0.05) is 29.9 Å². The Morgan fingerprint density at radius 1 is 1.17 bits per heavy atom. The smallest absolute Gasteiger partial charge is 0.250 e. The number of amides is 2. The summed E-state index contributed by atoms with van der Waals surface area (Å²) in [6, 6.07) is 10.2. The van der Waals surface area contributed by atoms with E-state index in [9.17, 15) is 23.9 Å². The molecule has 2 atom stereocenters. The summed E-state index contributed by atoms with van der Waals surface area (Å²) in [6.07, 6.45) is 0.997. The summed E-state index contributed by atoms with van der Waals surface area (Å²) in [7, 11) is 0. The Kier molecular flexibility index (Phi) is 6.91. The molecule has 2 aromatic carbocycles. The van der Waals surface area contributed by atoms with Gasteiger partial charge in [-0.05, 0) is 24.1 Å². The van der Waals surface area contributed by atoms with Gasteiger partial charge in [0.2, 0.25) is 5.91 Å². The highest BCUT2D eigenvalue weighted by atomic mass is 35.5. The van der Waals surface area contributed by atoms with Crippen LogP contribution in [0.1, 0.15) is 28.8 Å². The molecule has 2 amide bonds. The predicted octanol–water partition coefficient (Wildman–Crippen LogP) is 3.04. The number of aliphatic hydroxyl groups is 1. The third kappa shape index (κ3) is 4.92. The number of Topliss-reactive ketones (excluding diaryl/α,β-unsaturated/α-hetero) is 1. The van der Waals surface area contributed by atoms with Crippen LogP contribution in [0, 0.1) is 5.82 Å². The lowest BCUT2D eigenvalue weighted by Gasteiger charge is -2.24. The molecule has 0 unspecified atom stereocenters. The van der Waals surface area contributed by atoms with E-state index in [1.807, 2.05) is 0 Å². The Bertz CT molecular complexity index is 1310. The second-order valence-corrected chi connectivity index (χ2v) is 9.19. The number of benzene rings is 2. The minimum Gasteiger partial charge on any atom is -0.393 e. The minimum absolute atomic E-state index is 0.0341. The summed E-state index contributed by atoms with van der Waals surface area (Å²) >= 11 is 5.80. The van der Waals surface area contributed by atoms with Crippen LogP contribution in [0.25, 0.3) is 10.9 Å². The zero-order valence-electron chi connectivity index (χ0n) is 18.7. The van der Waals surface area contributed by atoms with Crippen LogP contribution in [0.3, 0.4) is 0 Å². The van der Waals surface area contributed by atoms with E-state index >= 15 is 4.39 Å². The summed E-state index contributed by atoms with van der Waals surface area (Å²) in [5.74, 6) is -2.28. The monoisotopic (exact) mass is 503 g/mol. The van der Waals surface area contributed by atoms with Crippen molar-refractivity contribution in [3.8, 4) is 0 Å². The number of fused-ring (bicyclic) bond motifs is 1. The predicted molar refractivity (Wildman–Crippen MR) is 126 cm³/mol. The number of hydrogen-bond acceptors (Lipinski definition) is 4. The van der Waals surface area contributed by atoms with Crippen molar-refractivity contribution < 1.29 is 28.3 Å². The van der Waals surface area contributed by atoms with Gasteiger partial charge in [-0.3, -0.25) is 14.4 Å². The number of primary amides is 1. The fraction of sp³-hybridized carbons (Fsp3) is 0.320. The number of nitrogens with zero attached hydrogens (tertiary/aromatic N) is 2. The highest BCUT2D eigenvalue weighted by Crippen LogP contribution is 2.33. The van der Waals surface area contributed by atoms with Crippen molar-refractivity contribution in [2.45, 2.75) is 37.5 Å². The molecule has 0 bridgehead atoms. The summed E-state index contributed by atoms with van der Waals surface area (Å²) in [6.45, 7) is -1.56. The number of halogens is 3. The van der Waals surface area contributed by atoms with Crippen LogP contribution in [0.2, 0.25) is 5.02 Å².